The predicted molar refractivity (Wildman–Crippen MR) is 178 cm³/mol. The summed E-state index contributed by atoms with van der Waals surface area (Å²) in [6.45, 7) is 13.0. The zero-order chi connectivity index (χ0) is 33.1. The van der Waals surface area contributed by atoms with E-state index in [1.165, 1.54) is 24.0 Å². The molecule has 2 saturated carbocycles. The van der Waals surface area contributed by atoms with Crippen LogP contribution in [0.5, 0.6) is 0 Å². The number of fused-ring (bicyclic) bond motifs is 4. The first-order chi connectivity index (χ1) is 23.0. The molecule has 8 aliphatic heterocycles. The van der Waals surface area contributed by atoms with Gasteiger partial charge in [-0.2, -0.15) is 0 Å². The normalized spacial score (nSPS) is 47.8. The van der Waals surface area contributed by atoms with E-state index in [0.29, 0.717) is 23.7 Å². The van der Waals surface area contributed by atoms with Crippen LogP contribution in [-0.4, -0.2) is 35.4 Å². The Balaban J connectivity index is 0.973. The van der Waals surface area contributed by atoms with Gasteiger partial charge in [-0.3, -0.25) is 0 Å². The van der Waals surface area contributed by atoms with E-state index in [2.05, 4.69) is 76.3 Å². The number of hydrogen-bond acceptors (Lipinski definition) is 8. The maximum Gasteiger partial charge on any atom is 0.235 e. The second kappa shape index (κ2) is 11.0. The van der Waals surface area contributed by atoms with Gasteiger partial charge in [0.15, 0.2) is 11.2 Å². The Hall–Kier alpha value is -2.46. The summed E-state index contributed by atoms with van der Waals surface area (Å²) in [6, 6.07) is 8.52. The van der Waals surface area contributed by atoms with Crippen molar-refractivity contribution < 1.29 is 38.5 Å². The van der Waals surface area contributed by atoms with Gasteiger partial charge >= 0.3 is 0 Å². The summed E-state index contributed by atoms with van der Waals surface area (Å²) in [5.41, 5.74) is 3.41. The van der Waals surface area contributed by atoms with Gasteiger partial charge in [0, 0.05) is 36.5 Å². The van der Waals surface area contributed by atoms with Gasteiger partial charge < -0.3 is 18.9 Å². The van der Waals surface area contributed by atoms with Crippen LogP contribution in [0.25, 0.3) is 12.2 Å². The molecule has 6 saturated heterocycles. The lowest BCUT2D eigenvalue weighted by Crippen LogP contribution is -2.66. The Kier molecular flexibility index (Phi) is 7.23. The molecule has 0 aromatic heterocycles. The van der Waals surface area contributed by atoms with E-state index in [0.717, 1.165) is 61.2 Å². The number of allylic oxidation sites excluding steroid dienone is 2. The van der Waals surface area contributed by atoms with E-state index < -0.39 is 35.4 Å². The van der Waals surface area contributed by atoms with Crippen LogP contribution in [0.15, 0.2) is 59.1 Å². The maximum absolute atomic E-state index is 6.67. The van der Waals surface area contributed by atoms with E-state index in [9.17, 15) is 0 Å². The SMILES string of the molecule is CC1=C(/C=C\c2cccc(/C=C\C3=C(C)[C@@H]4CC[C@@H](C)[C@@H]5CC[C@@]6(C)OO[C@@]45[C@H](O3)O6)c2)O[C@@H]2O[C@@]3(C)CC[C@H]4[C@H](C)CC[C@@H]1[C@@]24OO3. The summed E-state index contributed by atoms with van der Waals surface area (Å²) >= 11 is 0. The van der Waals surface area contributed by atoms with Gasteiger partial charge in [-0.25, -0.2) is 19.6 Å². The van der Waals surface area contributed by atoms with Crippen LogP contribution in [0.3, 0.4) is 0 Å². The summed E-state index contributed by atoms with van der Waals surface area (Å²) in [6.07, 6.45) is 15.5. The molecule has 2 spiro atoms. The van der Waals surface area contributed by atoms with Crippen molar-refractivity contribution in [1.82, 2.24) is 0 Å². The number of hydrogen-bond donors (Lipinski definition) is 0. The van der Waals surface area contributed by atoms with Crippen LogP contribution >= 0.6 is 0 Å². The first kappa shape index (κ1) is 31.5. The van der Waals surface area contributed by atoms with Crippen molar-refractivity contribution in [1.29, 1.82) is 0 Å². The molecule has 8 fully saturated rings. The molecule has 0 unspecified atom stereocenters. The highest BCUT2D eigenvalue weighted by atomic mass is 17.3. The molecule has 258 valence electrons. The first-order valence-corrected chi connectivity index (χ1v) is 18.3. The van der Waals surface area contributed by atoms with Crippen molar-refractivity contribution in [2.24, 2.45) is 35.5 Å². The van der Waals surface area contributed by atoms with E-state index >= 15 is 0 Å². The zero-order valence-corrected chi connectivity index (χ0v) is 29.2. The van der Waals surface area contributed by atoms with E-state index in [-0.39, 0.29) is 11.8 Å². The fourth-order valence-corrected chi connectivity index (χ4v) is 10.7. The predicted octanol–water partition coefficient (Wildman–Crippen LogP) is 8.75. The van der Waals surface area contributed by atoms with Crippen LogP contribution in [0.2, 0.25) is 0 Å². The van der Waals surface area contributed by atoms with Crippen molar-refractivity contribution in [2.45, 2.75) is 128 Å². The van der Waals surface area contributed by atoms with Crippen LogP contribution in [0.4, 0.5) is 0 Å². The largest absolute Gasteiger partial charge is 0.462 e. The van der Waals surface area contributed by atoms with Crippen LogP contribution in [-0.2, 0) is 38.5 Å². The second-order valence-electron chi connectivity index (χ2n) is 16.4. The summed E-state index contributed by atoms with van der Waals surface area (Å²) < 4.78 is 26.4. The maximum atomic E-state index is 6.67. The van der Waals surface area contributed by atoms with Gasteiger partial charge in [0.05, 0.1) is 0 Å². The van der Waals surface area contributed by atoms with Crippen LogP contribution < -0.4 is 0 Å². The van der Waals surface area contributed by atoms with Crippen LogP contribution in [0, 0.1) is 35.5 Å². The highest BCUT2D eigenvalue weighted by Crippen LogP contribution is 2.62. The van der Waals surface area contributed by atoms with E-state index in [1.807, 2.05) is 13.8 Å². The fourth-order valence-electron chi connectivity index (χ4n) is 10.7. The molecule has 1 aromatic rings. The third-order valence-corrected chi connectivity index (χ3v) is 13.5. The van der Waals surface area contributed by atoms with Gasteiger partial charge in [0.2, 0.25) is 24.2 Å². The molecular weight excluding hydrogens is 608 g/mol. The zero-order valence-electron chi connectivity index (χ0n) is 29.2. The van der Waals surface area contributed by atoms with Crippen molar-refractivity contribution in [2.75, 3.05) is 0 Å². The molecule has 11 rings (SSSR count). The molecule has 1 aromatic carbocycles. The van der Waals surface area contributed by atoms with Crippen molar-refractivity contribution in [3.63, 3.8) is 0 Å². The summed E-state index contributed by atoms with van der Waals surface area (Å²) in [5, 5.41) is 0. The lowest BCUT2D eigenvalue weighted by atomic mass is 9.59. The number of benzene rings is 1. The molecular formula is C40H50O8. The van der Waals surface area contributed by atoms with Crippen LogP contribution in [0.1, 0.15) is 104 Å². The lowest BCUT2D eigenvalue weighted by Gasteiger charge is -2.57. The second-order valence-corrected chi connectivity index (χ2v) is 16.4. The molecule has 8 heterocycles. The molecule has 8 nitrogen and oxygen atoms in total. The Bertz CT molecular complexity index is 1500. The molecule has 0 amide bonds. The average molecular weight is 659 g/mol. The molecule has 12 atom stereocenters. The fraction of sp³-hybridized carbons (Fsp3) is 0.650. The van der Waals surface area contributed by atoms with Crippen molar-refractivity contribution in [3.05, 3.63) is 70.2 Å². The quantitative estimate of drug-likeness (QED) is 0.298. The molecule has 10 aliphatic rings. The summed E-state index contributed by atoms with van der Waals surface area (Å²) in [7, 11) is 0. The molecule has 0 radical (unpaired) electrons. The standard InChI is InChI=1S/C40H50O8/c1-23-10-14-31-25(3)33(41-35-39(31)29(23)18-20-37(5,43-35)45-47-39)16-12-27-8-7-9-28(22-27)13-17-34-26(4)32-15-11-24(2)30-19-21-38(6)44-36(42-34)40(30,32)48-46-38/h7-9,12-13,16-17,22-24,29-32,35-36H,10-11,14-15,18-21H2,1-6H3/b16-12-,17-13-/t23-,24-,29+,30+,31+,32+,35-,36-,37-,38-,39-,40-/m1/s1. The third kappa shape index (κ3) is 4.55. The van der Waals surface area contributed by atoms with Gasteiger partial charge in [0.25, 0.3) is 0 Å². The molecule has 2 aliphatic carbocycles. The van der Waals surface area contributed by atoms with Gasteiger partial charge in [-0.05, 0) is 119 Å². The topological polar surface area (TPSA) is 73.8 Å². The smallest absolute Gasteiger partial charge is 0.235 e. The Labute approximate surface area is 284 Å². The molecule has 4 bridgehead atoms. The molecule has 48 heavy (non-hydrogen) atoms. The van der Waals surface area contributed by atoms with Crippen molar-refractivity contribution in [3.8, 4) is 0 Å². The van der Waals surface area contributed by atoms with E-state index in [4.69, 9.17) is 38.5 Å². The number of ether oxygens (including phenoxy) is 4. The molecule has 8 heteroatoms. The minimum absolute atomic E-state index is 0.190. The minimum Gasteiger partial charge on any atom is -0.462 e. The first-order valence-electron chi connectivity index (χ1n) is 18.3. The third-order valence-electron chi connectivity index (χ3n) is 13.5. The van der Waals surface area contributed by atoms with Gasteiger partial charge in [0.1, 0.15) is 11.5 Å². The molecule has 0 N–H and O–H groups in total. The lowest BCUT2D eigenvalue weighted by molar-refractivity contribution is -0.556. The Morgan fingerprint density at radius 2 is 1.06 bits per heavy atom. The van der Waals surface area contributed by atoms with Gasteiger partial charge in [-0.15, -0.1) is 0 Å². The summed E-state index contributed by atoms with van der Waals surface area (Å²) in [5.74, 6) is 2.28. The summed E-state index contributed by atoms with van der Waals surface area (Å²) in [4.78, 5) is 24.5. The van der Waals surface area contributed by atoms with Crippen molar-refractivity contribution >= 4 is 12.2 Å². The Morgan fingerprint density at radius 3 is 1.52 bits per heavy atom. The minimum atomic E-state index is -0.785. The Morgan fingerprint density at radius 1 is 0.604 bits per heavy atom. The van der Waals surface area contributed by atoms with Gasteiger partial charge in [-0.1, -0.05) is 44.2 Å². The highest BCUT2D eigenvalue weighted by molar-refractivity contribution is 5.60. The average Bonchev–Trinajstić information content (AvgIpc) is 3.45. The monoisotopic (exact) mass is 658 g/mol. The van der Waals surface area contributed by atoms with E-state index in [1.54, 1.807) is 0 Å². The highest BCUT2D eigenvalue weighted by Gasteiger charge is 2.69. The number of rotatable bonds is 4.